The highest BCUT2D eigenvalue weighted by Gasteiger charge is 2.04. The molecule has 2 N–H and O–H groups in total. The summed E-state index contributed by atoms with van der Waals surface area (Å²) in [5, 5.41) is 13.8. The Morgan fingerprint density at radius 1 is 1.33 bits per heavy atom. The van der Waals surface area contributed by atoms with Gasteiger partial charge < -0.3 is 9.84 Å². The van der Waals surface area contributed by atoms with Gasteiger partial charge in [-0.05, 0) is 42.0 Å². The molecular weight excluding hydrogens is 292 g/mol. The van der Waals surface area contributed by atoms with E-state index < -0.39 is 0 Å². The Balaban J connectivity index is 2.04. The van der Waals surface area contributed by atoms with Gasteiger partial charge in [0.1, 0.15) is 0 Å². The quantitative estimate of drug-likeness (QED) is 0.674. The lowest BCUT2D eigenvalue weighted by molar-refractivity contribution is 0.0955. The van der Waals surface area contributed by atoms with Gasteiger partial charge in [0.25, 0.3) is 5.91 Å². The first-order chi connectivity index (χ1) is 10.1. The third-order valence-corrected chi connectivity index (χ3v) is 2.91. The number of hydrogen-bond donors (Lipinski definition) is 2. The van der Waals surface area contributed by atoms with Gasteiger partial charge in [0.15, 0.2) is 11.5 Å². The lowest BCUT2D eigenvalue weighted by atomic mass is 10.2. The van der Waals surface area contributed by atoms with E-state index in [1.165, 1.54) is 19.4 Å². The van der Waals surface area contributed by atoms with E-state index in [1.54, 1.807) is 36.4 Å². The summed E-state index contributed by atoms with van der Waals surface area (Å²) in [6.45, 7) is 0. The number of benzene rings is 2. The van der Waals surface area contributed by atoms with Gasteiger partial charge in [-0.1, -0.05) is 17.7 Å². The Morgan fingerprint density at radius 3 is 2.86 bits per heavy atom. The number of amides is 1. The number of aromatic hydroxyl groups is 1. The summed E-state index contributed by atoms with van der Waals surface area (Å²) < 4.78 is 4.98. The minimum absolute atomic E-state index is 0.0395. The van der Waals surface area contributed by atoms with Crippen molar-refractivity contribution in [3.63, 3.8) is 0 Å². The summed E-state index contributed by atoms with van der Waals surface area (Å²) in [4.78, 5) is 11.8. The molecule has 0 saturated carbocycles. The van der Waals surface area contributed by atoms with Crippen LogP contribution in [0, 0.1) is 0 Å². The maximum Gasteiger partial charge on any atom is 0.271 e. The summed E-state index contributed by atoms with van der Waals surface area (Å²) in [7, 11) is 1.46. The number of phenolic OH excluding ortho intramolecular Hbond substituents is 1. The average molecular weight is 305 g/mol. The molecule has 0 radical (unpaired) electrons. The second-order valence-corrected chi connectivity index (χ2v) is 4.58. The molecule has 0 bridgehead atoms. The van der Waals surface area contributed by atoms with Crippen LogP contribution in [0.1, 0.15) is 15.9 Å². The molecule has 2 aromatic rings. The van der Waals surface area contributed by atoms with Gasteiger partial charge in [0.2, 0.25) is 0 Å². The molecule has 0 unspecified atom stereocenters. The number of nitrogens with zero attached hydrogens (tertiary/aromatic N) is 1. The van der Waals surface area contributed by atoms with Gasteiger partial charge in [0.05, 0.1) is 13.3 Å². The number of rotatable bonds is 4. The van der Waals surface area contributed by atoms with E-state index in [0.29, 0.717) is 21.9 Å². The molecule has 1 amide bonds. The van der Waals surface area contributed by atoms with E-state index in [-0.39, 0.29) is 11.7 Å². The Hall–Kier alpha value is -2.53. The van der Waals surface area contributed by atoms with Crippen molar-refractivity contribution >= 4 is 23.7 Å². The van der Waals surface area contributed by atoms with Crippen LogP contribution in [0.15, 0.2) is 47.6 Å². The number of carbonyl (C=O) groups is 1. The molecule has 0 heterocycles. The third kappa shape index (κ3) is 3.97. The van der Waals surface area contributed by atoms with Crippen LogP contribution in [0.4, 0.5) is 0 Å². The third-order valence-electron chi connectivity index (χ3n) is 2.67. The van der Waals surface area contributed by atoms with Crippen molar-refractivity contribution in [1.29, 1.82) is 0 Å². The van der Waals surface area contributed by atoms with E-state index in [9.17, 15) is 9.90 Å². The molecule has 0 aliphatic rings. The van der Waals surface area contributed by atoms with Gasteiger partial charge in [-0.2, -0.15) is 5.10 Å². The van der Waals surface area contributed by atoms with Crippen LogP contribution in [-0.2, 0) is 0 Å². The summed E-state index contributed by atoms with van der Waals surface area (Å²) in [5.74, 6) is 0.0113. The minimum Gasteiger partial charge on any atom is -0.504 e. The zero-order valence-corrected chi connectivity index (χ0v) is 12.0. The van der Waals surface area contributed by atoms with Crippen molar-refractivity contribution in [2.24, 2.45) is 5.10 Å². The van der Waals surface area contributed by atoms with Crippen LogP contribution in [0.2, 0.25) is 5.02 Å². The molecule has 108 valence electrons. The molecule has 0 spiro atoms. The molecule has 0 aliphatic carbocycles. The smallest absolute Gasteiger partial charge is 0.271 e. The van der Waals surface area contributed by atoms with E-state index in [4.69, 9.17) is 16.3 Å². The first kappa shape index (κ1) is 14.9. The number of hydrazone groups is 1. The summed E-state index contributed by atoms with van der Waals surface area (Å²) >= 11 is 5.81. The maximum atomic E-state index is 11.8. The SMILES string of the molecule is COc1cc(/C=N/NC(=O)c2cccc(Cl)c2)ccc1O. The van der Waals surface area contributed by atoms with Crippen LogP contribution in [-0.4, -0.2) is 24.3 Å². The van der Waals surface area contributed by atoms with Crippen molar-refractivity contribution in [3.05, 3.63) is 58.6 Å². The number of phenols is 1. The molecule has 21 heavy (non-hydrogen) atoms. The van der Waals surface area contributed by atoms with Crippen molar-refractivity contribution < 1.29 is 14.6 Å². The van der Waals surface area contributed by atoms with E-state index >= 15 is 0 Å². The highest BCUT2D eigenvalue weighted by molar-refractivity contribution is 6.30. The fourth-order valence-electron chi connectivity index (χ4n) is 1.63. The van der Waals surface area contributed by atoms with Crippen molar-refractivity contribution in [1.82, 2.24) is 5.43 Å². The van der Waals surface area contributed by atoms with Crippen LogP contribution in [0.25, 0.3) is 0 Å². The van der Waals surface area contributed by atoms with E-state index in [2.05, 4.69) is 10.5 Å². The summed E-state index contributed by atoms with van der Waals surface area (Å²) in [5.41, 5.74) is 3.49. The second-order valence-electron chi connectivity index (χ2n) is 4.14. The van der Waals surface area contributed by atoms with Gasteiger partial charge in [0, 0.05) is 10.6 Å². The number of methoxy groups -OCH3 is 1. The topological polar surface area (TPSA) is 70.9 Å². The number of hydrogen-bond acceptors (Lipinski definition) is 4. The molecular formula is C15H13ClN2O3. The molecule has 0 aliphatic heterocycles. The number of halogens is 1. The summed E-state index contributed by atoms with van der Waals surface area (Å²) in [6, 6.07) is 11.3. The molecule has 6 heteroatoms. The number of ether oxygens (including phenoxy) is 1. The largest absolute Gasteiger partial charge is 0.504 e. The Bertz CT molecular complexity index is 686. The van der Waals surface area contributed by atoms with Crippen molar-refractivity contribution in [3.8, 4) is 11.5 Å². The molecule has 5 nitrogen and oxygen atoms in total. The average Bonchev–Trinajstić information content (AvgIpc) is 2.48. The number of carbonyl (C=O) groups excluding carboxylic acids is 1. The van der Waals surface area contributed by atoms with Gasteiger partial charge in [-0.25, -0.2) is 5.43 Å². The normalized spacial score (nSPS) is 10.6. The lowest BCUT2D eigenvalue weighted by Gasteiger charge is -2.03. The fraction of sp³-hybridized carbons (Fsp3) is 0.0667. The standard InChI is InChI=1S/C15H13ClN2O3/c1-21-14-7-10(5-6-13(14)19)9-17-18-15(20)11-3-2-4-12(16)8-11/h2-9,19H,1H3,(H,18,20)/b17-9+. The zero-order chi connectivity index (χ0) is 15.2. The predicted molar refractivity (Wildman–Crippen MR) is 81.2 cm³/mol. The van der Waals surface area contributed by atoms with Crippen molar-refractivity contribution in [2.75, 3.05) is 7.11 Å². The lowest BCUT2D eigenvalue weighted by Crippen LogP contribution is -2.17. The molecule has 2 aromatic carbocycles. The van der Waals surface area contributed by atoms with Gasteiger partial charge >= 0.3 is 0 Å². The first-order valence-corrected chi connectivity index (χ1v) is 6.44. The molecule has 0 aromatic heterocycles. The van der Waals surface area contributed by atoms with Crippen LogP contribution in [0.3, 0.4) is 0 Å². The maximum absolute atomic E-state index is 11.8. The van der Waals surface area contributed by atoms with Crippen molar-refractivity contribution in [2.45, 2.75) is 0 Å². The first-order valence-electron chi connectivity index (χ1n) is 6.06. The van der Waals surface area contributed by atoms with E-state index in [1.807, 2.05) is 0 Å². The second kappa shape index (κ2) is 6.76. The number of nitrogens with one attached hydrogen (secondary N) is 1. The Labute approximate surface area is 126 Å². The van der Waals surface area contributed by atoms with E-state index in [0.717, 1.165) is 0 Å². The summed E-state index contributed by atoms with van der Waals surface area (Å²) in [6.07, 6.45) is 1.45. The monoisotopic (exact) mass is 304 g/mol. The van der Waals surface area contributed by atoms with Crippen LogP contribution >= 0.6 is 11.6 Å². The van der Waals surface area contributed by atoms with Gasteiger partial charge in [-0.3, -0.25) is 4.79 Å². The Kier molecular flexibility index (Phi) is 4.79. The minimum atomic E-state index is -0.362. The van der Waals surface area contributed by atoms with Gasteiger partial charge in [-0.15, -0.1) is 0 Å². The highest BCUT2D eigenvalue weighted by atomic mass is 35.5. The highest BCUT2D eigenvalue weighted by Crippen LogP contribution is 2.25. The predicted octanol–water partition coefficient (Wildman–Crippen LogP) is 2.82. The zero-order valence-electron chi connectivity index (χ0n) is 11.2. The van der Waals surface area contributed by atoms with Crippen LogP contribution in [0.5, 0.6) is 11.5 Å². The van der Waals surface area contributed by atoms with Crippen LogP contribution < -0.4 is 10.2 Å². The molecule has 0 atom stereocenters. The fourth-order valence-corrected chi connectivity index (χ4v) is 1.82. The molecule has 0 saturated heterocycles. The molecule has 2 rings (SSSR count). The Morgan fingerprint density at radius 2 is 2.14 bits per heavy atom. The molecule has 0 fully saturated rings.